The molecule has 0 aromatic heterocycles. The predicted molar refractivity (Wildman–Crippen MR) is 55.7 cm³/mol. The lowest BCUT2D eigenvalue weighted by Gasteiger charge is -2.31. The molecule has 13 heavy (non-hydrogen) atoms. The first-order valence-corrected chi connectivity index (χ1v) is 5.26. The summed E-state index contributed by atoms with van der Waals surface area (Å²) in [6, 6.07) is 0. The van der Waals surface area contributed by atoms with Gasteiger partial charge in [0, 0.05) is 13.2 Å². The molecule has 0 amide bonds. The Morgan fingerprint density at radius 2 is 2.08 bits per heavy atom. The Labute approximate surface area is 81.2 Å². The van der Waals surface area contributed by atoms with Gasteiger partial charge < -0.3 is 5.11 Å². The van der Waals surface area contributed by atoms with Crippen molar-refractivity contribution in [2.45, 2.75) is 26.2 Å². The third-order valence-corrected chi connectivity index (χ3v) is 2.91. The summed E-state index contributed by atoms with van der Waals surface area (Å²) in [6.07, 6.45) is 3.38. The molecule has 1 saturated heterocycles. The molecule has 0 bridgehead atoms. The van der Waals surface area contributed by atoms with Crippen LogP contribution in [0.3, 0.4) is 0 Å². The average Bonchev–Trinajstić information content (AvgIpc) is 2.19. The van der Waals surface area contributed by atoms with E-state index in [0.29, 0.717) is 12.5 Å². The van der Waals surface area contributed by atoms with Crippen LogP contribution in [0, 0.1) is 5.92 Å². The van der Waals surface area contributed by atoms with Gasteiger partial charge >= 0.3 is 0 Å². The average molecular weight is 183 g/mol. The SMILES string of the molecule is C=C(CC)CN1CCC(CO)CC1. The Morgan fingerprint density at radius 1 is 1.46 bits per heavy atom. The summed E-state index contributed by atoms with van der Waals surface area (Å²) >= 11 is 0. The molecule has 1 rings (SSSR count). The molecule has 1 N–H and O–H groups in total. The molecule has 0 aliphatic carbocycles. The lowest BCUT2D eigenvalue weighted by Crippen LogP contribution is -2.35. The zero-order valence-electron chi connectivity index (χ0n) is 8.63. The van der Waals surface area contributed by atoms with Crippen LogP contribution < -0.4 is 0 Å². The Balaban J connectivity index is 2.21. The van der Waals surface area contributed by atoms with E-state index in [1.165, 1.54) is 5.57 Å². The van der Waals surface area contributed by atoms with Crippen molar-refractivity contribution in [2.75, 3.05) is 26.2 Å². The molecule has 1 heterocycles. The molecule has 0 aromatic carbocycles. The summed E-state index contributed by atoms with van der Waals surface area (Å²) in [7, 11) is 0. The standard InChI is InChI=1S/C11H21NO/c1-3-10(2)8-12-6-4-11(9-13)5-7-12/h11,13H,2-9H2,1H3. The summed E-state index contributed by atoms with van der Waals surface area (Å²) < 4.78 is 0. The van der Waals surface area contributed by atoms with Crippen molar-refractivity contribution in [3.8, 4) is 0 Å². The summed E-state index contributed by atoms with van der Waals surface area (Å²) in [6.45, 7) is 9.84. The second-order valence-electron chi connectivity index (χ2n) is 4.01. The maximum Gasteiger partial charge on any atom is 0.0460 e. The van der Waals surface area contributed by atoms with E-state index in [2.05, 4.69) is 18.4 Å². The summed E-state index contributed by atoms with van der Waals surface area (Å²) in [5, 5.41) is 8.97. The molecule has 1 fully saturated rings. The van der Waals surface area contributed by atoms with Crippen molar-refractivity contribution in [3.63, 3.8) is 0 Å². The van der Waals surface area contributed by atoms with E-state index in [4.69, 9.17) is 5.11 Å². The Hall–Kier alpha value is -0.340. The smallest absolute Gasteiger partial charge is 0.0460 e. The van der Waals surface area contributed by atoms with Crippen molar-refractivity contribution in [1.29, 1.82) is 0 Å². The minimum atomic E-state index is 0.364. The molecule has 1 aliphatic heterocycles. The second kappa shape index (κ2) is 5.40. The van der Waals surface area contributed by atoms with Crippen molar-refractivity contribution < 1.29 is 5.11 Å². The molecule has 2 heteroatoms. The van der Waals surface area contributed by atoms with Crippen molar-refractivity contribution in [1.82, 2.24) is 4.90 Å². The predicted octanol–water partition coefficient (Wildman–Crippen LogP) is 1.66. The first-order chi connectivity index (χ1) is 6.26. The van der Waals surface area contributed by atoms with E-state index in [1.54, 1.807) is 0 Å². The van der Waals surface area contributed by atoms with Crippen LogP contribution in [-0.4, -0.2) is 36.2 Å². The molecule has 1 aliphatic rings. The van der Waals surface area contributed by atoms with E-state index >= 15 is 0 Å². The van der Waals surface area contributed by atoms with Gasteiger partial charge in [-0.1, -0.05) is 19.1 Å². The van der Waals surface area contributed by atoms with E-state index < -0.39 is 0 Å². The van der Waals surface area contributed by atoms with Gasteiger partial charge in [-0.3, -0.25) is 4.90 Å². The number of hydrogen-bond donors (Lipinski definition) is 1. The number of aliphatic hydroxyl groups excluding tert-OH is 1. The lowest BCUT2D eigenvalue weighted by atomic mass is 9.97. The van der Waals surface area contributed by atoms with Gasteiger partial charge in [-0.05, 0) is 38.3 Å². The normalized spacial score (nSPS) is 20.5. The van der Waals surface area contributed by atoms with Gasteiger partial charge in [0.2, 0.25) is 0 Å². The highest BCUT2D eigenvalue weighted by Crippen LogP contribution is 2.17. The Kier molecular flexibility index (Phi) is 4.46. The minimum Gasteiger partial charge on any atom is -0.396 e. The van der Waals surface area contributed by atoms with Gasteiger partial charge in [-0.25, -0.2) is 0 Å². The third-order valence-electron chi connectivity index (χ3n) is 2.91. The molecular formula is C11H21NO. The van der Waals surface area contributed by atoms with Crippen LogP contribution in [-0.2, 0) is 0 Å². The number of rotatable bonds is 4. The van der Waals surface area contributed by atoms with Crippen LogP contribution in [0.2, 0.25) is 0 Å². The van der Waals surface area contributed by atoms with Crippen molar-refractivity contribution >= 4 is 0 Å². The molecule has 0 radical (unpaired) electrons. The van der Waals surface area contributed by atoms with Crippen LogP contribution in [0.25, 0.3) is 0 Å². The number of nitrogens with zero attached hydrogens (tertiary/aromatic N) is 1. The minimum absolute atomic E-state index is 0.364. The van der Waals surface area contributed by atoms with E-state index in [0.717, 1.165) is 38.9 Å². The summed E-state index contributed by atoms with van der Waals surface area (Å²) in [4.78, 5) is 2.44. The van der Waals surface area contributed by atoms with E-state index in [1.807, 2.05) is 0 Å². The number of aliphatic hydroxyl groups is 1. The van der Waals surface area contributed by atoms with Gasteiger partial charge in [0.1, 0.15) is 0 Å². The van der Waals surface area contributed by atoms with Crippen LogP contribution in [0.5, 0.6) is 0 Å². The Bertz CT molecular complexity index is 159. The quantitative estimate of drug-likeness (QED) is 0.670. The maximum absolute atomic E-state index is 8.97. The van der Waals surface area contributed by atoms with Crippen LogP contribution in [0.15, 0.2) is 12.2 Å². The van der Waals surface area contributed by atoms with Crippen LogP contribution >= 0.6 is 0 Å². The molecule has 0 spiro atoms. The first kappa shape index (κ1) is 10.7. The van der Waals surface area contributed by atoms with E-state index in [9.17, 15) is 0 Å². The van der Waals surface area contributed by atoms with Gasteiger partial charge in [-0.2, -0.15) is 0 Å². The second-order valence-corrected chi connectivity index (χ2v) is 4.01. The largest absolute Gasteiger partial charge is 0.396 e. The fraction of sp³-hybridized carbons (Fsp3) is 0.818. The Morgan fingerprint density at radius 3 is 2.54 bits per heavy atom. The molecule has 0 aromatic rings. The van der Waals surface area contributed by atoms with Crippen molar-refractivity contribution in [3.05, 3.63) is 12.2 Å². The van der Waals surface area contributed by atoms with E-state index in [-0.39, 0.29) is 0 Å². The number of hydrogen-bond acceptors (Lipinski definition) is 2. The molecule has 2 nitrogen and oxygen atoms in total. The van der Waals surface area contributed by atoms with Crippen LogP contribution in [0.1, 0.15) is 26.2 Å². The van der Waals surface area contributed by atoms with Crippen molar-refractivity contribution in [2.24, 2.45) is 5.92 Å². The lowest BCUT2D eigenvalue weighted by molar-refractivity contribution is 0.137. The molecule has 0 saturated carbocycles. The number of piperidine rings is 1. The van der Waals surface area contributed by atoms with Gasteiger partial charge in [0.25, 0.3) is 0 Å². The third kappa shape index (κ3) is 3.49. The highest BCUT2D eigenvalue weighted by Gasteiger charge is 2.17. The fourth-order valence-corrected chi connectivity index (χ4v) is 1.76. The van der Waals surface area contributed by atoms with Gasteiger partial charge in [0.05, 0.1) is 0 Å². The van der Waals surface area contributed by atoms with Gasteiger partial charge in [-0.15, -0.1) is 0 Å². The zero-order valence-corrected chi connectivity index (χ0v) is 8.63. The number of likely N-dealkylation sites (tertiary alicyclic amines) is 1. The monoisotopic (exact) mass is 183 g/mol. The first-order valence-electron chi connectivity index (χ1n) is 5.26. The van der Waals surface area contributed by atoms with Gasteiger partial charge in [0.15, 0.2) is 0 Å². The maximum atomic E-state index is 8.97. The van der Waals surface area contributed by atoms with Crippen LogP contribution in [0.4, 0.5) is 0 Å². The highest BCUT2D eigenvalue weighted by molar-refractivity contribution is 4.96. The zero-order chi connectivity index (χ0) is 9.68. The summed E-state index contributed by atoms with van der Waals surface area (Å²) in [5.41, 5.74) is 1.32. The molecular weight excluding hydrogens is 162 g/mol. The highest BCUT2D eigenvalue weighted by atomic mass is 16.3. The molecule has 76 valence electrons. The molecule has 0 unspecified atom stereocenters. The fourth-order valence-electron chi connectivity index (χ4n) is 1.76. The molecule has 0 atom stereocenters. The summed E-state index contributed by atoms with van der Waals surface area (Å²) in [5.74, 6) is 0.547. The topological polar surface area (TPSA) is 23.5 Å².